The molecule has 0 radical (unpaired) electrons. The number of aromatic amines is 1. The predicted octanol–water partition coefficient (Wildman–Crippen LogP) is 2.29. The molecule has 0 atom stereocenters. The van der Waals surface area contributed by atoms with Gasteiger partial charge in [-0.2, -0.15) is 5.10 Å². The van der Waals surface area contributed by atoms with Gasteiger partial charge in [0.15, 0.2) is 0 Å². The Hall–Kier alpha value is -3.19. The number of halogens is 1. The monoisotopic (exact) mass is 355 g/mol. The van der Waals surface area contributed by atoms with Crippen LogP contribution in [0.2, 0.25) is 5.15 Å². The van der Waals surface area contributed by atoms with Gasteiger partial charge in [0.2, 0.25) is 0 Å². The quantitative estimate of drug-likeness (QED) is 0.555. The van der Waals surface area contributed by atoms with Crippen LogP contribution in [-0.4, -0.2) is 26.7 Å². The Bertz CT molecular complexity index is 975. The molecule has 3 aromatic rings. The van der Waals surface area contributed by atoms with Crippen LogP contribution in [0, 0.1) is 6.92 Å². The normalized spacial score (nSPS) is 11.0. The summed E-state index contributed by atoms with van der Waals surface area (Å²) in [7, 11) is 0. The largest absolute Gasteiger partial charge is 0.331 e. The summed E-state index contributed by atoms with van der Waals surface area (Å²) in [4.78, 5) is 30.5. The highest BCUT2D eigenvalue weighted by Gasteiger charge is 2.12. The molecule has 0 aliphatic rings. The topological polar surface area (TPSA) is 92.1 Å². The maximum absolute atomic E-state index is 12.1. The number of aryl methyl sites for hydroxylation is 1. The second-order valence-electron chi connectivity index (χ2n) is 5.24. The number of aromatic nitrogens is 3. The third kappa shape index (κ3) is 3.67. The van der Waals surface area contributed by atoms with Crippen molar-refractivity contribution in [2.45, 2.75) is 6.92 Å². The molecule has 7 nitrogen and oxygen atoms in total. The van der Waals surface area contributed by atoms with Crippen LogP contribution in [0.15, 0.2) is 58.7 Å². The molecule has 25 heavy (non-hydrogen) atoms. The lowest BCUT2D eigenvalue weighted by atomic mass is 10.2. The Morgan fingerprint density at radius 2 is 1.92 bits per heavy atom. The molecule has 0 spiro atoms. The molecular weight excluding hydrogens is 342 g/mol. The summed E-state index contributed by atoms with van der Waals surface area (Å²) in [6.07, 6.45) is 4.34. The summed E-state index contributed by atoms with van der Waals surface area (Å²) < 4.78 is 1.38. The fourth-order valence-corrected chi connectivity index (χ4v) is 2.42. The number of amides is 1. The summed E-state index contributed by atoms with van der Waals surface area (Å²) in [6.45, 7) is 1.95. The summed E-state index contributed by atoms with van der Waals surface area (Å²) in [5.74, 6) is -0.394. The lowest BCUT2D eigenvalue weighted by molar-refractivity contribution is 0.0955. The minimum absolute atomic E-state index is 0.132. The zero-order chi connectivity index (χ0) is 17.8. The first-order valence-corrected chi connectivity index (χ1v) is 7.75. The van der Waals surface area contributed by atoms with Crippen molar-refractivity contribution in [3.05, 3.63) is 81.3 Å². The predicted molar refractivity (Wildman–Crippen MR) is 95.4 cm³/mol. The van der Waals surface area contributed by atoms with Crippen molar-refractivity contribution in [1.29, 1.82) is 0 Å². The highest BCUT2D eigenvalue weighted by molar-refractivity contribution is 6.31. The Kier molecular flexibility index (Phi) is 4.76. The van der Waals surface area contributed by atoms with E-state index in [-0.39, 0.29) is 5.15 Å². The van der Waals surface area contributed by atoms with Crippen molar-refractivity contribution < 1.29 is 4.79 Å². The minimum atomic E-state index is -0.394. The molecule has 1 aromatic carbocycles. The zero-order valence-corrected chi connectivity index (χ0v) is 14.0. The van der Waals surface area contributed by atoms with Gasteiger partial charge in [-0.1, -0.05) is 29.3 Å². The number of H-pyrrole nitrogens is 1. The van der Waals surface area contributed by atoms with Crippen LogP contribution in [-0.2, 0) is 0 Å². The van der Waals surface area contributed by atoms with Gasteiger partial charge in [0.25, 0.3) is 5.91 Å². The third-order valence-electron chi connectivity index (χ3n) is 3.47. The van der Waals surface area contributed by atoms with E-state index in [1.54, 1.807) is 24.3 Å². The molecule has 8 heteroatoms. The average Bonchev–Trinajstić information content (AvgIpc) is 2.90. The van der Waals surface area contributed by atoms with E-state index in [9.17, 15) is 9.59 Å². The molecule has 0 bridgehead atoms. The molecule has 3 rings (SSSR count). The van der Waals surface area contributed by atoms with Crippen LogP contribution in [0.25, 0.3) is 5.69 Å². The fourth-order valence-electron chi connectivity index (χ4n) is 2.21. The number of hydrogen-bond donors (Lipinski definition) is 2. The average molecular weight is 356 g/mol. The first kappa shape index (κ1) is 16.7. The van der Waals surface area contributed by atoms with E-state index in [2.05, 4.69) is 20.5 Å². The second-order valence-corrected chi connectivity index (χ2v) is 5.61. The molecule has 0 fully saturated rings. The fraction of sp³-hybridized carbons (Fsp3) is 0.0588. The summed E-state index contributed by atoms with van der Waals surface area (Å²) >= 11 is 6.08. The van der Waals surface area contributed by atoms with Gasteiger partial charge < -0.3 is 0 Å². The molecule has 0 saturated heterocycles. The number of hydrogen-bond acceptors (Lipinski definition) is 4. The number of imidazole rings is 1. The number of benzene rings is 1. The molecule has 0 unspecified atom stereocenters. The van der Waals surface area contributed by atoms with Crippen molar-refractivity contribution in [3.63, 3.8) is 0 Å². The van der Waals surface area contributed by atoms with Crippen molar-refractivity contribution in [2.75, 3.05) is 0 Å². The van der Waals surface area contributed by atoms with Gasteiger partial charge in [0.1, 0.15) is 10.8 Å². The van der Waals surface area contributed by atoms with Gasteiger partial charge in [-0.25, -0.2) is 10.2 Å². The molecule has 2 heterocycles. The first-order chi connectivity index (χ1) is 12.1. The van der Waals surface area contributed by atoms with Crippen molar-refractivity contribution in [3.8, 4) is 5.69 Å². The number of nitrogens with zero attached hydrogens (tertiary/aromatic N) is 3. The van der Waals surface area contributed by atoms with Gasteiger partial charge in [-0.05, 0) is 31.2 Å². The van der Waals surface area contributed by atoms with Crippen LogP contribution >= 0.6 is 11.6 Å². The molecule has 0 aliphatic heterocycles. The molecular formula is C17H14ClN5O2. The lowest BCUT2D eigenvalue weighted by Gasteiger charge is -2.05. The number of carbonyl (C=O) groups excluding carboxylic acids is 1. The lowest BCUT2D eigenvalue weighted by Crippen LogP contribution is -2.19. The van der Waals surface area contributed by atoms with Crippen molar-refractivity contribution in [2.24, 2.45) is 5.10 Å². The number of rotatable bonds is 4. The van der Waals surface area contributed by atoms with E-state index < -0.39 is 11.6 Å². The zero-order valence-electron chi connectivity index (χ0n) is 13.2. The molecule has 126 valence electrons. The second kappa shape index (κ2) is 7.14. The highest BCUT2D eigenvalue weighted by Crippen LogP contribution is 2.15. The van der Waals surface area contributed by atoms with Crippen LogP contribution in [0.1, 0.15) is 21.6 Å². The highest BCUT2D eigenvalue weighted by atomic mass is 35.5. The number of hydrazone groups is 1. The van der Waals surface area contributed by atoms with Crippen LogP contribution in [0.4, 0.5) is 0 Å². The molecule has 0 saturated carbocycles. The third-order valence-corrected chi connectivity index (χ3v) is 3.76. The SMILES string of the molecule is Cc1ccc(-n2c(C=NNC(=O)c3ccncc3)c(Cl)[nH]c2=O)cc1. The van der Waals surface area contributed by atoms with Crippen LogP contribution < -0.4 is 11.1 Å². The standard InChI is InChI=1S/C17H14ClN5O2/c1-11-2-4-13(5-3-11)23-14(15(18)21-17(23)25)10-20-22-16(24)12-6-8-19-9-7-12/h2-10H,1H3,(H,21,25)(H,22,24). The van der Waals surface area contributed by atoms with Gasteiger partial charge in [-0.15, -0.1) is 0 Å². The van der Waals surface area contributed by atoms with Gasteiger partial charge >= 0.3 is 5.69 Å². The maximum Gasteiger partial charge on any atom is 0.331 e. The Labute approximate surface area is 148 Å². The minimum Gasteiger partial charge on any atom is -0.296 e. The summed E-state index contributed by atoms with van der Waals surface area (Å²) in [5.41, 5.74) is 4.46. The van der Waals surface area contributed by atoms with E-state index in [1.807, 2.05) is 19.1 Å². The van der Waals surface area contributed by atoms with Gasteiger partial charge in [-0.3, -0.25) is 19.3 Å². The van der Waals surface area contributed by atoms with E-state index in [0.717, 1.165) is 5.56 Å². The molecule has 0 aliphatic carbocycles. The van der Waals surface area contributed by atoms with Crippen LogP contribution in [0.3, 0.4) is 0 Å². The Morgan fingerprint density at radius 1 is 1.24 bits per heavy atom. The smallest absolute Gasteiger partial charge is 0.296 e. The van der Waals surface area contributed by atoms with E-state index >= 15 is 0 Å². The number of nitrogens with one attached hydrogen (secondary N) is 2. The summed E-state index contributed by atoms with van der Waals surface area (Å²) in [6, 6.07) is 10.5. The number of carbonyl (C=O) groups is 1. The van der Waals surface area contributed by atoms with Crippen molar-refractivity contribution >= 4 is 23.7 Å². The summed E-state index contributed by atoms with van der Waals surface area (Å²) in [5, 5.41) is 4.02. The Balaban J connectivity index is 1.86. The maximum atomic E-state index is 12.1. The first-order valence-electron chi connectivity index (χ1n) is 7.37. The van der Waals surface area contributed by atoms with E-state index in [1.165, 1.54) is 23.2 Å². The van der Waals surface area contributed by atoms with E-state index in [0.29, 0.717) is 16.9 Å². The van der Waals surface area contributed by atoms with E-state index in [4.69, 9.17) is 11.6 Å². The van der Waals surface area contributed by atoms with Crippen molar-refractivity contribution in [1.82, 2.24) is 20.0 Å². The van der Waals surface area contributed by atoms with Crippen LogP contribution in [0.5, 0.6) is 0 Å². The van der Waals surface area contributed by atoms with Gasteiger partial charge in [0.05, 0.1) is 11.9 Å². The van der Waals surface area contributed by atoms with Gasteiger partial charge in [0, 0.05) is 18.0 Å². The molecule has 2 N–H and O–H groups in total. The Morgan fingerprint density at radius 3 is 2.60 bits per heavy atom. The molecule has 1 amide bonds. The number of pyridine rings is 1. The molecule has 2 aromatic heterocycles.